The Morgan fingerprint density at radius 1 is 0.833 bits per heavy atom. The average Bonchev–Trinajstić information content (AvgIpc) is 2.39. The molecule has 3 rings (SSSR count). The van der Waals surface area contributed by atoms with Crippen molar-refractivity contribution < 1.29 is 0 Å². The maximum atomic E-state index is 3.71. The lowest BCUT2D eigenvalue weighted by Gasteiger charge is -2.53. The predicted octanol–water partition coefficient (Wildman–Crippen LogP) is 3.31. The third kappa shape index (κ3) is 2.60. The van der Waals surface area contributed by atoms with Crippen LogP contribution < -0.4 is 5.32 Å². The number of fused-ring (bicyclic) bond motifs is 2. The van der Waals surface area contributed by atoms with Gasteiger partial charge in [-0.25, -0.2) is 0 Å². The fourth-order valence-corrected chi connectivity index (χ4v) is 4.85. The minimum absolute atomic E-state index is 0.810. The molecule has 1 aliphatic carbocycles. The van der Waals surface area contributed by atoms with E-state index in [2.05, 4.69) is 17.1 Å². The molecule has 0 amide bonds. The Balaban J connectivity index is 1.67. The van der Waals surface area contributed by atoms with E-state index in [0.29, 0.717) is 0 Å². The maximum Gasteiger partial charge on any atom is 0.0116 e. The second-order valence-corrected chi connectivity index (χ2v) is 6.70. The zero-order chi connectivity index (χ0) is 12.4. The van der Waals surface area contributed by atoms with Crippen LogP contribution in [0.2, 0.25) is 0 Å². The summed E-state index contributed by atoms with van der Waals surface area (Å²) in [5, 5.41) is 3.71. The average molecular weight is 250 g/mol. The molecule has 2 unspecified atom stereocenters. The van der Waals surface area contributed by atoms with E-state index in [-0.39, 0.29) is 0 Å². The summed E-state index contributed by atoms with van der Waals surface area (Å²) in [5.41, 5.74) is 0. The van der Waals surface area contributed by atoms with Crippen molar-refractivity contribution >= 4 is 0 Å². The molecule has 104 valence electrons. The molecule has 2 aliphatic heterocycles. The van der Waals surface area contributed by atoms with Crippen molar-refractivity contribution in [2.45, 2.75) is 95.3 Å². The summed E-state index contributed by atoms with van der Waals surface area (Å²) in [6.45, 7) is 3.40. The van der Waals surface area contributed by atoms with Crippen molar-refractivity contribution in [3.63, 3.8) is 0 Å². The van der Waals surface area contributed by atoms with E-state index in [1.807, 2.05) is 0 Å². The first-order chi connectivity index (χ1) is 8.88. The highest BCUT2D eigenvalue weighted by molar-refractivity contribution is 4.98. The molecular formula is C16H30N2. The summed E-state index contributed by atoms with van der Waals surface area (Å²) in [4.78, 5) is 2.98. The Morgan fingerprint density at radius 3 is 2.06 bits per heavy atom. The molecule has 18 heavy (non-hydrogen) atoms. The SMILES string of the molecule is CCNC1CC2CCCC(C1)N2C1CCCCC1. The van der Waals surface area contributed by atoms with Gasteiger partial charge in [0.15, 0.2) is 0 Å². The van der Waals surface area contributed by atoms with Crippen molar-refractivity contribution in [1.29, 1.82) is 0 Å². The predicted molar refractivity (Wildman–Crippen MR) is 76.8 cm³/mol. The van der Waals surface area contributed by atoms with Gasteiger partial charge in [0.05, 0.1) is 0 Å². The van der Waals surface area contributed by atoms with Crippen molar-refractivity contribution in [2.24, 2.45) is 0 Å². The van der Waals surface area contributed by atoms with Crippen LogP contribution in [-0.2, 0) is 0 Å². The third-order valence-corrected chi connectivity index (χ3v) is 5.52. The third-order valence-electron chi connectivity index (χ3n) is 5.52. The van der Waals surface area contributed by atoms with Gasteiger partial charge in [-0.3, -0.25) is 4.90 Å². The van der Waals surface area contributed by atoms with Gasteiger partial charge in [0, 0.05) is 24.2 Å². The van der Waals surface area contributed by atoms with Gasteiger partial charge in [-0.1, -0.05) is 32.6 Å². The number of rotatable bonds is 3. The molecule has 0 radical (unpaired) electrons. The fraction of sp³-hybridized carbons (Fsp3) is 1.00. The minimum Gasteiger partial charge on any atom is -0.314 e. The summed E-state index contributed by atoms with van der Waals surface area (Å²) in [6, 6.07) is 3.57. The lowest BCUT2D eigenvalue weighted by Crippen LogP contribution is -2.59. The number of hydrogen-bond acceptors (Lipinski definition) is 2. The Kier molecular flexibility index (Phi) is 4.25. The van der Waals surface area contributed by atoms with E-state index in [9.17, 15) is 0 Å². The minimum atomic E-state index is 0.810. The lowest BCUT2D eigenvalue weighted by molar-refractivity contribution is -0.0218. The topological polar surface area (TPSA) is 15.3 Å². The molecular weight excluding hydrogens is 220 g/mol. The van der Waals surface area contributed by atoms with Crippen molar-refractivity contribution in [1.82, 2.24) is 10.2 Å². The van der Waals surface area contributed by atoms with Gasteiger partial charge in [0.25, 0.3) is 0 Å². The first kappa shape index (κ1) is 12.9. The summed E-state index contributed by atoms with van der Waals surface area (Å²) < 4.78 is 0. The summed E-state index contributed by atoms with van der Waals surface area (Å²) in [5.74, 6) is 0. The molecule has 1 saturated carbocycles. The number of piperidine rings is 2. The van der Waals surface area contributed by atoms with Gasteiger partial charge in [0.2, 0.25) is 0 Å². The van der Waals surface area contributed by atoms with Crippen LogP contribution in [0.5, 0.6) is 0 Å². The van der Waals surface area contributed by atoms with E-state index in [0.717, 1.165) is 30.7 Å². The van der Waals surface area contributed by atoms with Crippen LogP contribution in [0.3, 0.4) is 0 Å². The number of hydrogen-bond donors (Lipinski definition) is 1. The molecule has 0 spiro atoms. The molecule has 2 heterocycles. The Hall–Kier alpha value is -0.0800. The van der Waals surface area contributed by atoms with Gasteiger partial charge in [0.1, 0.15) is 0 Å². The highest BCUT2D eigenvalue weighted by Crippen LogP contribution is 2.38. The second-order valence-electron chi connectivity index (χ2n) is 6.70. The fourth-order valence-electron chi connectivity index (χ4n) is 4.85. The highest BCUT2D eigenvalue weighted by atomic mass is 15.2. The summed E-state index contributed by atoms with van der Waals surface area (Å²) in [7, 11) is 0. The van der Waals surface area contributed by atoms with Crippen molar-refractivity contribution in [3.05, 3.63) is 0 Å². The van der Waals surface area contributed by atoms with Crippen LogP contribution in [0, 0.1) is 0 Å². The normalized spacial score (nSPS) is 38.8. The van der Waals surface area contributed by atoms with E-state index in [1.165, 1.54) is 64.2 Å². The monoisotopic (exact) mass is 250 g/mol. The van der Waals surface area contributed by atoms with Crippen LogP contribution >= 0.6 is 0 Å². The molecule has 1 N–H and O–H groups in total. The van der Waals surface area contributed by atoms with Gasteiger partial charge >= 0.3 is 0 Å². The lowest BCUT2D eigenvalue weighted by atomic mass is 9.78. The largest absolute Gasteiger partial charge is 0.314 e. The molecule has 3 fully saturated rings. The highest BCUT2D eigenvalue weighted by Gasteiger charge is 2.41. The molecule has 2 nitrogen and oxygen atoms in total. The van der Waals surface area contributed by atoms with Crippen LogP contribution in [0.15, 0.2) is 0 Å². The van der Waals surface area contributed by atoms with E-state index >= 15 is 0 Å². The van der Waals surface area contributed by atoms with Crippen molar-refractivity contribution in [3.8, 4) is 0 Å². The van der Waals surface area contributed by atoms with E-state index < -0.39 is 0 Å². The van der Waals surface area contributed by atoms with Gasteiger partial charge in [-0.15, -0.1) is 0 Å². The van der Waals surface area contributed by atoms with Crippen LogP contribution in [0.1, 0.15) is 71.1 Å². The molecule has 2 atom stereocenters. The van der Waals surface area contributed by atoms with Gasteiger partial charge in [-0.05, 0) is 45.1 Å². The Bertz CT molecular complexity index is 246. The Labute approximate surface area is 113 Å². The summed E-state index contributed by atoms with van der Waals surface area (Å²) >= 11 is 0. The molecule has 0 aromatic heterocycles. The number of nitrogens with one attached hydrogen (secondary N) is 1. The molecule has 3 aliphatic rings. The van der Waals surface area contributed by atoms with Crippen LogP contribution in [0.4, 0.5) is 0 Å². The smallest absolute Gasteiger partial charge is 0.0116 e. The quantitative estimate of drug-likeness (QED) is 0.826. The first-order valence-electron chi connectivity index (χ1n) is 8.39. The van der Waals surface area contributed by atoms with E-state index in [4.69, 9.17) is 0 Å². The second kappa shape index (κ2) is 5.92. The standard InChI is InChI=1S/C16H30N2/c1-2-17-13-11-15-9-6-10-16(12-13)18(15)14-7-4-3-5-8-14/h13-17H,2-12H2,1H3. The zero-order valence-corrected chi connectivity index (χ0v) is 12.0. The van der Waals surface area contributed by atoms with Crippen molar-refractivity contribution in [2.75, 3.05) is 6.54 Å². The van der Waals surface area contributed by atoms with Crippen LogP contribution in [0.25, 0.3) is 0 Å². The summed E-state index contributed by atoms with van der Waals surface area (Å²) in [6.07, 6.45) is 14.7. The zero-order valence-electron chi connectivity index (χ0n) is 12.0. The number of nitrogens with zero attached hydrogens (tertiary/aromatic N) is 1. The molecule has 2 heteroatoms. The first-order valence-corrected chi connectivity index (χ1v) is 8.39. The molecule has 2 bridgehead atoms. The van der Waals surface area contributed by atoms with Gasteiger partial charge in [-0.2, -0.15) is 0 Å². The molecule has 0 aromatic carbocycles. The molecule has 0 aromatic rings. The Morgan fingerprint density at radius 2 is 1.44 bits per heavy atom. The maximum absolute atomic E-state index is 3.71. The van der Waals surface area contributed by atoms with Gasteiger partial charge < -0.3 is 5.32 Å². The van der Waals surface area contributed by atoms with Crippen LogP contribution in [-0.4, -0.2) is 35.6 Å². The van der Waals surface area contributed by atoms with E-state index in [1.54, 1.807) is 0 Å². The molecule has 2 saturated heterocycles.